The lowest BCUT2D eigenvalue weighted by Gasteiger charge is -2.16. The van der Waals surface area contributed by atoms with Gasteiger partial charge in [0.25, 0.3) is 0 Å². The zero-order valence-electron chi connectivity index (χ0n) is 9.63. The zero-order chi connectivity index (χ0) is 12.7. The summed E-state index contributed by atoms with van der Waals surface area (Å²) in [6.45, 7) is 0.884. The van der Waals surface area contributed by atoms with Crippen molar-refractivity contribution in [1.29, 1.82) is 0 Å². The number of esters is 1. The maximum Gasteiger partial charge on any atom is 0.332 e. The average Bonchev–Trinajstić information content (AvgIpc) is 2.35. The number of aliphatic hydroxyl groups excluding tert-OH is 2. The van der Waals surface area contributed by atoms with Crippen molar-refractivity contribution in [2.45, 2.75) is 13.0 Å². The van der Waals surface area contributed by atoms with E-state index in [9.17, 15) is 4.79 Å². The van der Waals surface area contributed by atoms with Crippen molar-refractivity contribution in [3.8, 4) is 5.75 Å². The van der Waals surface area contributed by atoms with Crippen molar-refractivity contribution < 1.29 is 24.5 Å². The highest BCUT2D eigenvalue weighted by Gasteiger charge is 2.14. The summed E-state index contributed by atoms with van der Waals surface area (Å²) in [4.78, 5) is 10.8. The Morgan fingerprint density at radius 1 is 1.35 bits per heavy atom. The molecule has 0 radical (unpaired) electrons. The molecule has 0 spiro atoms. The largest absolute Gasteiger partial charge is 0.489 e. The Labute approximate surface area is 99.6 Å². The van der Waals surface area contributed by atoms with Gasteiger partial charge in [0.2, 0.25) is 0 Å². The van der Waals surface area contributed by atoms with Gasteiger partial charge in [-0.3, -0.25) is 0 Å². The van der Waals surface area contributed by atoms with Gasteiger partial charge < -0.3 is 19.7 Å². The van der Waals surface area contributed by atoms with Crippen molar-refractivity contribution in [3.05, 3.63) is 29.8 Å². The molecule has 0 aliphatic rings. The van der Waals surface area contributed by atoms with Crippen LogP contribution in [0.25, 0.3) is 0 Å². The lowest BCUT2D eigenvalue weighted by atomic mass is 10.2. The fourth-order valence-electron chi connectivity index (χ4n) is 1.25. The van der Waals surface area contributed by atoms with Crippen LogP contribution in [-0.2, 0) is 9.53 Å². The second kappa shape index (κ2) is 6.88. The highest BCUT2D eigenvalue weighted by atomic mass is 16.6. The number of ether oxygens (including phenoxy) is 2. The second-order valence-corrected chi connectivity index (χ2v) is 3.53. The van der Waals surface area contributed by atoms with E-state index in [1.165, 1.54) is 0 Å². The van der Waals surface area contributed by atoms with E-state index < -0.39 is 18.7 Å². The number of aryl methyl sites for hydroxylation is 1. The van der Waals surface area contributed by atoms with Crippen LogP contribution in [0.2, 0.25) is 0 Å². The van der Waals surface area contributed by atoms with Crippen LogP contribution in [0.15, 0.2) is 24.3 Å². The van der Waals surface area contributed by atoms with E-state index in [-0.39, 0.29) is 13.2 Å². The quantitative estimate of drug-likeness (QED) is 0.698. The molecule has 5 nitrogen and oxygen atoms in total. The Morgan fingerprint density at radius 3 is 2.65 bits per heavy atom. The third-order valence-corrected chi connectivity index (χ3v) is 2.15. The molecule has 0 aliphatic carbocycles. The smallest absolute Gasteiger partial charge is 0.332 e. The van der Waals surface area contributed by atoms with Crippen LogP contribution >= 0.6 is 0 Å². The van der Waals surface area contributed by atoms with Gasteiger partial charge in [0.1, 0.15) is 19.0 Å². The van der Waals surface area contributed by atoms with Gasteiger partial charge >= 0.3 is 5.97 Å². The molecule has 1 atom stereocenters. The number of hydrogen-bond donors (Lipinski definition) is 2. The molecule has 0 aliphatic heterocycles. The van der Waals surface area contributed by atoms with Gasteiger partial charge in [-0.25, -0.2) is 4.79 Å². The van der Waals surface area contributed by atoms with E-state index in [1.54, 1.807) is 6.07 Å². The molecule has 1 aromatic rings. The molecule has 17 heavy (non-hydrogen) atoms. The van der Waals surface area contributed by atoms with Crippen LogP contribution in [-0.4, -0.2) is 42.1 Å². The van der Waals surface area contributed by atoms with Crippen LogP contribution < -0.4 is 4.74 Å². The van der Waals surface area contributed by atoms with E-state index in [0.29, 0.717) is 5.75 Å². The predicted molar refractivity (Wildman–Crippen MR) is 60.7 cm³/mol. The molecular formula is C12H16O5. The highest BCUT2D eigenvalue weighted by Crippen LogP contribution is 2.16. The summed E-state index contributed by atoms with van der Waals surface area (Å²) >= 11 is 0. The van der Waals surface area contributed by atoms with Gasteiger partial charge in [-0.1, -0.05) is 18.2 Å². The van der Waals surface area contributed by atoms with Gasteiger partial charge in [-0.05, 0) is 18.6 Å². The molecule has 5 heteroatoms. The van der Waals surface area contributed by atoms with Crippen molar-refractivity contribution in [3.63, 3.8) is 0 Å². The maximum atomic E-state index is 10.8. The van der Waals surface area contributed by atoms with Crippen molar-refractivity contribution in [1.82, 2.24) is 0 Å². The second-order valence-electron chi connectivity index (χ2n) is 3.53. The van der Waals surface area contributed by atoms with E-state index in [0.717, 1.165) is 5.56 Å². The van der Waals surface area contributed by atoms with Gasteiger partial charge in [0.15, 0.2) is 6.10 Å². The topological polar surface area (TPSA) is 76.0 Å². The molecule has 0 fully saturated rings. The van der Waals surface area contributed by atoms with Crippen LogP contribution in [0.1, 0.15) is 5.56 Å². The van der Waals surface area contributed by atoms with E-state index in [1.807, 2.05) is 25.1 Å². The Hall–Kier alpha value is -1.59. The normalized spacial score (nSPS) is 11.9. The Balaban J connectivity index is 2.48. The molecule has 1 unspecified atom stereocenters. The van der Waals surface area contributed by atoms with Crippen molar-refractivity contribution in [2.24, 2.45) is 0 Å². The summed E-state index contributed by atoms with van der Waals surface area (Å²) in [7, 11) is 0. The first kappa shape index (κ1) is 13.5. The number of benzene rings is 1. The summed E-state index contributed by atoms with van der Waals surface area (Å²) in [6.07, 6.45) is -0.769. The standard InChI is InChI=1S/C12H16O5/c1-9-4-2-3-5-11(9)16-8-10(6-13)17-12(15)7-14/h2-5,10,13-14H,6-8H2,1H3. The van der Waals surface area contributed by atoms with Gasteiger partial charge in [0.05, 0.1) is 6.61 Å². The number of hydrogen-bond acceptors (Lipinski definition) is 5. The Kier molecular flexibility index (Phi) is 5.45. The minimum absolute atomic E-state index is 0.0487. The van der Waals surface area contributed by atoms with Crippen LogP contribution in [0.3, 0.4) is 0 Å². The summed E-state index contributed by atoms with van der Waals surface area (Å²) < 4.78 is 10.2. The molecule has 0 saturated carbocycles. The molecule has 0 heterocycles. The van der Waals surface area contributed by atoms with Crippen molar-refractivity contribution in [2.75, 3.05) is 19.8 Å². The number of carbonyl (C=O) groups is 1. The molecular weight excluding hydrogens is 224 g/mol. The van der Waals surface area contributed by atoms with Crippen LogP contribution in [0.5, 0.6) is 5.75 Å². The third-order valence-electron chi connectivity index (χ3n) is 2.15. The average molecular weight is 240 g/mol. The van der Waals surface area contributed by atoms with Crippen LogP contribution in [0, 0.1) is 6.92 Å². The summed E-state index contributed by atoms with van der Waals surface area (Å²) in [6, 6.07) is 7.40. The Bertz CT molecular complexity index is 364. The summed E-state index contributed by atoms with van der Waals surface area (Å²) in [5.74, 6) is -0.108. The molecule has 1 aromatic carbocycles. The molecule has 1 rings (SSSR count). The van der Waals surface area contributed by atoms with Gasteiger partial charge in [-0.2, -0.15) is 0 Å². The lowest BCUT2D eigenvalue weighted by Crippen LogP contribution is -2.29. The first-order valence-corrected chi connectivity index (χ1v) is 5.27. The van der Waals surface area contributed by atoms with Crippen LogP contribution in [0.4, 0.5) is 0 Å². The van der Waals surface area contributed by atoms with Crippen molar-refractivity contribution >= 4 is 5.97 Å². The highest BCUT2D eigenvalue weighted by molar-refractivity contribution is 5.70. The first-order chi connectivity index (χ1) is 8.17. The molecule has 94 valence electrons. The van der Waals surface area contributed by atoms with E-state index in [2.05, 4.69) is 0 Å². The maximum absolute atomic E-state index is 10.8. The minimum Gasteiger partial charge on any atom is -0.489 e. The SMILES string of the molecule is Cc1ccccc1OCC(CO)OC(=O)CO. The number of rotatable bonds is 6. The molecule has 2 N–H and O–H groups in total. The van der Waals surface area contributed by atoms with Gasteiger partial charge in [-0.15, -0.1) is 0 Å². The zero-order valence-corrected chi connectivity index (χ0v) is 9.63. The molecule has 0 bridgehead atoms. The number of para-hydroxylation sites is 1. The fraction of sp³-hybridized carbons (Fsp3) is 0.417. The van der Waals surface area contributed by atoms with Gasteiger partial charge in [0, 0.05) is 0 Å². The van der Waals surface area contributed by atoms with E-state index in [4.69, 9.17) is 19.7 Å². The predicted octanol–water partition coefficient (Wildman–Crippen LogP) is 0.270. The molecule has 0 amide bonds. The Morgan fingerprint density at radius 2 is 2.06 bits per heavy atom. The summed E-state index contributed by atoms with van der Waals surface area (Å²) in [5.41, 5.74) is 0.956. The molecule has 0 aromatic heterocycles. The number of carbonyl (C=O) groups excluding carboxylic acids is 1. The lowest BCUT2D eigenvalue weighted by molar-refractivity contribution is -0.156. The fourth-order valence-corrected chi connectivity index (χ4v) is 1.25. The monoisotopic (exact) mass is 240 g/mol. The first-order valence-electron chi connectivity index (χ1n) is 5.27. The minimum atomic E-state index is -0.780. The van der Waals surface area contributed by atoms with E-state index >= 15 is 0 Å². The number of aliphatic hydroxyl groups is 2. The summed E-state index contributed by atoms with van der Waals surface area (Å²) in [5, 5.41) is 17.5. The molecule has 0 saturated heterocycles. The third kappa shape index (κ3) is 4.42.